The molecule has 0 aliphatic rings. The highest BCUT2D eigenvalue weighted by Gasteiger charge is 2.08. The van der Waals surface area contributed by atoms with E-state index in [9.17, 15) is 4.79 Å². The zero-order valence-electron chi connectivity index (χ0n) is 9.38. The van der Waals surface area contributed by atoms with E-state index in [1.165, 1.54) is 6.07 Å². The van der Waals surface area contributed by atoms with Crippen LogP contribution in [0.2, 0.25) is 0 Å². The summed E-state index contributed by atoms with van der Waals surface area (Å²) in [5.74, 6) is -0.826. The summed E-state index contributed by atoms with van der Waals surface area (Å²) in [6.07, 6.45) is 0. The van der Waals surface area contributed by atoms with Crippen molar-refractivity contribution >= 4 is 11.9 Å². The molecule has 1 aromatic heterocycles. The molecule has 0 saturated carbocycles. The van der Waals surface area contributed by atoms with Gasteiger partial charge in [-0.1, -0.05) is 12.1 Å². The second-order valence-corrected chi connectivity index (χ2v) is 3.63. The Morgan fingerprint density at radius 1 is 1.39 bits per heavy atom. The number of hydrogen-bond acceptors (Lipinski definition) is 4. The first-order valence-corrected chi connectivity index (χ1v) is 5.25. The van der Waals surface area contributed by atoms with E-state index in [1.807, 2.05) is 6.07 Å². The third-order valence-corrected chi connectivity index (χ3v) is 2.34. The number of furan rings is 1. The average Bonchev–Trinajstić information content (AvgIpc) is 2.85. The molecule has 0 spiro atoms. The van der Waals surface area contributed by atoms with Gasteiger partial charge in [0.25, 0.3) is 0 Å². The van der Waals surface area contributed by atoms with Gasteiger partial charge in [0.05, 0.1) is 11.6 Å². The number of carboxylic acid groups (broad SMARTS) is 1. The fraction of sp³-hybridized carbons (Fsp3) is 0.0769. The zero-order chi connectivity index (χ0) is 13.0. The minimum absolute atomic E-state index is 0.108. The molecule has 18 heavy (non-hydrogen) atoms. The lowest BCUT2D eigenvalue weighted by Gasteiger charge is -2.03. The Bertz CT molecular complexity index is 611. The van der Waals surface area contributed by atoms with Gasteiger partial charge in [-0.25, -0.2) is 4.79 Å². The number of benzene rings is 1. The minimum atomic E-state index is -1.10. The molecule has 0 unspecified atom stereocenters. The van der Waals surface area contributed by atoms with Crippen molar-refractivity contribution in [2.45, 2.75) is 6.54 Å². The van der Waals surface area contributed by atoms with Gasteiger partial charge in [-0.3, -0.25) is 0 Å². The largest absolute Gasteiger partial charge is 0.475 e. The monoisotopic (exact) mass is 242 g/mol. The van der Waals surface area contributed by atoms with Crippen molar-refractivity contribution in [2.75, 3.05) is 5.32 Å². The number of carboxylic acids is 1. The SMILES string of the molecule is N#Cc1cccc(CNc2ccc(C(=O)O)o2)c1. The van der Waals surface area contributed by atoms with Gasteiger partial charge >= 0.3 is 5.97 Å². The van der Waals surface area contributed by atoms with Crippen LogP contribution in [0, 0.1) is 11.3 Å². The van der Waals surface area contributed by atoms with Gasteiger partial charge in [0, 0.05) is 12.6 Å². The van der Waals surface area contributed by atoms with Crippen LogP contribution >= 0.6 is 0 Å². The summed E-state index contributed by atoms with van der Waals surface area (Å²) in [7, 11) is 0. The predicted octanol–water partition coefficient (Wildman–Crippen LogP) is 2.46. The molecule has 0 amide bonds. The lowest BCUT2D eigenvalue weighted by molar-refractivity contribution is 0.0663. The standard InChI is InChI=1S/C13H10N2O3/c14-7-9-2-1-3-10(6-9)8-15-12-5-4-11(18-12)13(16)17/h1-6,15H,8H2,(H,16,17). The Hall–Kier alpha value is -2.74. The summed E-state index contributed by atoms with van der Waals surface area (Å²) >= 11 is 0. The van der Waals surface area contributed by atoms with Gasteiger partial charge in [-0.15, -0.1) is 0 Å². The van der Waals surface area contributed by atoms with E-state index in [0.717, 1.165) is 5.56 Å². The van der Waals surface area contributed by atoms with Crippen LogP contribution in [0.1, 0.15) is 21.7 Å². The van der Waals surface area contributed by atoms with E-state index < -0.39 is 5.97 Å². The molecule has 0 aliphatic carbocycles. The van der Waals surface area contributed by atoms with Gasteiger partial charge in [0.1, 0.15) is 0 Å². The van der Waals surface area contributed by atoms with Gasteiger partial charge < -0.3 is 14.8 Å². The summed E-state index contributed by atoms with van der Waals surface area (Å²) in [6, 6.07) is 12.1. The third-order valence-electron chi connectivity index (χ3n) is 2.34. The molecule has 0 radical (unpaired) electrons. The Labute approximate surface area is 103 Å². The first-order chi connectivity index (χ1) is 8.69. The van der Waals surface area contributed by atoms with E-state index in [0.29, 0.717) is 18.0 Å². The van der Waals surface area contributed by atoms with Crippen LogP contribution in [0.4, 0.5) is 5.88 Å². The molecule has 90 valence electrons. The maximum atomic E-state index is 10.6. The lowest BCUT2D eigenvalue weighted by Crippen LogP contribution is -1.98. The first kappa shape index (κ1) is 11.7. The van der Waals surface area contributed by atoms with Crippen molar-refractivity contribution in [1.82, 2.24) is 0 Å². The molecule has 2 aromatic rings. The fourth-order valence-corrected chi connectivity index (χ4v) is 1.49. The molecule has 5 heteroatoms. The number of carbonyl (C=O) groups is 1. The Balaban J connectivity index is 2.02. The summed E-state index contributed by atoms with van der Waals surface area (Å²) in [5.41, 5.74) is 1.50. The molecule has 0 atom stereocenters. The maximum Gasteiger partial charge on any atom is 0.371 e. The molecule has 0 aliphatic heterocycles. The summed E-state index contributed by atoms with van der Waals surface area (Å²) < 4.78 is 5.05. The molecule has 0 bridgehead atoms. The van der Waals surface area contributed by atoms with Gasteiger partial charge in [0.2, 0.25) is 5.76 Å². The van der Waals surface area contributed by atoms with Crippen LogP contribution in [0.15, 0.2) is 40.8 Å². The number of aromatic carboxylic acids is 1. The van der Waals surface area contributed by atoms with Gasteiger partial charge in [-0.2, -0.15) is 5.26 Å². The predicted molar refractivity (Wildman–Crippen MR) is 64.2 cm³/mol. The minimum Gasteiger partial charge on any atom is -0.475 e. The van der Waals surface area contributed by atoms with Crippen LogP contribution in [0.25, 0.3) is 0 Å². The average molecular weight is 242 g/mol. The molecular weight excluding hydrogens is 232 g/mol. The van der Waals surface area contributed by atoms with Gasteiger partial charge in [0.15, 0.2) is 5.88 Å². The fourth-order valence-electron chi connectivity index (χ4n) is 1.49. The molecule has 2 N–H and O–H groups in total. The van der Waals surface area contributed by atoms with E-state index in [2.05, 4.69) is 11.4 Å². The number of anilines is 1. The van der Waals surface area contributed by atoms with Crippen molar-refractivity contribution < 1.29 is 14.3 Å². The van der Waals surface area contributed by atoms with Crippen molar-refractivity contribution in [1.29, 1.82) is 5.26 Å². The number of rotatable bonds is 4. The quantitative estimate of drug-likeness (QED) is 0.860. The highest BCUT2D eigenvalue weighted by molar-refractivity contribution is 5.84. The van der Waals surface area contributed by atoms with Crippen LogP contribution in [-0.4, -0.2) is 11.1 Å². The van der Waals surface area contributed by atoms with Crippen LogP contribution in [0.5, 0.6) is 0 Å². The normalized spacial score (nSPS) is 9.72. The van der Waals surface area contributed by atoms with Crippen LogP contribution < -0.4 is 5.32 Å². The molecule has 0 saturated heterocycles. The zero-order valence-corrected chi connectivity index (χ0v) is 9.38. The second-order valence-electron chi connectivity index (χ2n) is 3.63. The first-order valence-electron chi connectivity index (χ1n) is 5.25. The number of hydrogen-bond donors (Lipinski definition) is 2. The van der Waals surface area contributed by atoms with E-state index in [-0.39, 0.29) is 5.76 Å². The summed E-state index contributed by atoms with van der Waals surface area (Å²) in [4.78, 5) is 10.6. The third kappa shape index (κ3) is 2.68. The highest BCUT2D eigenvalue weighted by Crippen LogP contribution is 2.14. The van der Waals surface area contributed by atoms with Gasteiger partial charge in [-0.05, 0) is 23.8 Å². The maximum absolute atomic E-state index is 10.6. The highest BCUT2D eigenvalue weighted by atomic mass is 16.4. The van der Waals surface area contributed by atoms with E-state index in [1.54, 1.807) is 24.3 Å². The molecular formula is C13H10N2O3. The van der Waals surface area contributed by atoms with Crippen LogP contribution in [-0.2, 0) is 6.54 Å². The Morgan fingerprint density at radius 3 is 2.89 bits per heavy atom. The Kier molecular flexibility index (Phi) is 3.30. The van der Waals surface area contributed by atoms with Crippen molar-refractivity contribution in [3.05, 3.63) is 53.3 Å². The number of nitriles is 1. The molecule has 5 nitrogen and oxygen atoms in total. The smallest absolute Gasteiger partial charge is 0.371 e. The molecule has 1 aromatic carbocycles. The second kappa shape index (κ2) is 5.06. The van der Waals surface area contributed by atoms with Crippen molar-refractivity contribution in [3.8, 4) is 6.07 Å². The van der Waals surface area contributed by atoms with E-state index >= 15 is 0 Å². The molecule has 2 rings (SSSR count). The van der Waals surface area contributed by atoms with E-state index in [4.69, 9.17) is 14.8 Å². The Morgan fingerprint density at radius 2 is 2.22 bits per heavy atom. The van der Waals surface area contributed by atoms with Crippen molar-refractivity contribution in [3.63, 3.8) is 0 Å². The van der Waals surface area contributed by atoms with Crippen LogP contribution in [0.3, 0.4) is 0 Å². The topological polar surface area (TPSA) is 86.3 Å². The molecule has 1 heterocycles. The molecule has 0 fully saturated rings. The number of nitrogens with zero attached hydrogens (tertiary/aromatic N) is 1. The summed E-state index contributed by atoms with van der Waals surface area (Å²) in [5, 5.41) is 20.4. The van der Waals surface area contributed by atoms with Crippen molar-refractivity contribution in [2.24, 2.45) is 0 Å². The summed E-state index contributed by atoms with van der Waals surface area (Å²) in [6.45, 7) is 0.460. The lowest BCUT2D eigenvalue weighted by atomic mass is 10.1. The number of nitrogens with one attached hydrogen (secondary N) is 1.